The molecule has 120 valence electrons. The minimum absolute atomic E-state index is 0.132. The molecule has 0 bridgehead atoms. The van der Waals surface area contributed by atoms with Gasteiger partial charge in [-0.15, -0.1) is 5.10 Å². The van der Waals surface area contributed by atoms with Gasteiger partial charge in [0.25, 0.3) is 5.69 Å². The van der Waals surface area contributed by atoms with Crippen molar-refractivity contribution in [2.75, 3.05) is 0 Å². The van der Waals surface area contributed by atoms with Crippen LogP contribution in [-0.2, 0) is 7.05 Å². The molecule has 9 nitrogen and oxygen atoms in total. The van der Waals surface area contributed by atoms with E-state index in [-0.39, 0.29) is 16.9 Å². The zero-order valence-electron chi connectivity index (χ0n) is 12.4. The molecule has 0 aliphatic rings. The maximum Gasteiger partial charge on any atom is 0.338 e. The summed E-state index contributed by atoms with van der Waals surface area (Å²) in [6, 6.07) is 6.45. The summed E-state index contributed by atoms with van der Waals surface area (Å²) in [4.78, 5) is 25.2. The van der Waals surface area contributed by atoms with E-state index in [4.69, 9.17) is 0 Å². The number of hydrogen-bond acceptors (Lipinski definition) is 6. The fourth-order valence-corrected chi connectivity index (χ4v) is 2.20. The van der Waals surface area contributed by atoms with Gasteiger partial charge in [-0.25, -0.2) is 14.5 Å². The van der Waals surface area contributed by atoms with Crippen LogP contribution in [0.1, 0.15) is 21.6 Å². The van der Waals surface area contributed by atoms with Crippen molar-refractivity contribution in [3.8, 4) is 0 Å². The fourth-order valence-electron chi connectivity index (χ4n) is 2.20. The summed E-state index contributed by atoms with van der Waals surface area (Å²) in [5.74, 6) is -1.28. The molecule has 0 atom stereocenters. The van der Waals surface area contributed by atoms with Crippen molar-refractivity contribution in [2.24, 2.45) is 7.05 Å². The highest BCUT2D eigenvalue weighted by Crippen LogP contribution is 2.19. The number of rotatable bonds is 4. The molecule has 0 spiro atoms. The van der Waals surface area contributed by atoms with Crippen molar-refractivity contribution in [2.45, 2.75) is 0 Å². The summed E-state index contributed by atoms with van der Waals surface area (Å²) in [5.41, 5.74) is 1.87. The first kappa shape index (κ1) is 15.3. The van der Waals surface area contributed by atoms with Crippen molar-refractivity contribution >= 4 is 34.8 Å². The van der Waals surface area contributed by atoms with Crippen LogP contribution >= 0.6 is 0 Å². The Morgan fingerprint density at radius 1 is 1.33 bits per heavy atom. The van der Waals surface area contributed by atoms with Crippen molar-refractivity contribution in [1.29, 1.82) is 0 Å². The Bertz CT molecular complexity index is 993. The summed E-state index contributed by atoms with van der Waals surface area (Å²) in [6.07, 6.45) is 4.18. The van der Waals surface area contributed by atoms with Gasteiger partial charge in [0.15, 0.2) is 0 Å². The van der Waals surface area contributed by atoms with Crippen molar-refractivity contribution in [1.82, 2.24) is 20.0 Å². The third-order valence-electron chi connectivity index (χ3n) is 3.41. The number of carbonyl (C=O) groups is 1. The number of pyridine rings is 1. The van der Waals surface area contributed by atoms with E-state index in [0.29, 0.717) is 5.52 Å². The summed E-state index contributed by atoms with van der Waals surface area (Å²) in [6.45, 7) is 0. The lowest BCUT2D eigenvalue weighted by Gasteiger charge is -2.00. The SMILES string of the molecule is Cn1nnc2cc(/C=C/c3ncc([N+](=O)[O-])cc3C(=O)O)ccc21. The van der Waals surface area contributed by atoms with Gasteiger partial charge in [-0.05, 0) is 23.8 Å². The van der Waals surface area contributed by atoms with Crippen LogP contribution in [0, 0.1) is 10.1 Å². The van der Waals surface area contributed by atoms with Crippen molar-refractivity contribution in [3.63, 3.8) is 0 Å². The van der Waals surface area contributed by atoms with Crippen LogP contribution in [0.4, 0.5) is 5.69 Å². The molecule has 24 heavy (non-hydrogen) atoms. The molecule has 2 heterocycles. The summed E-state index contributed by atoms with van der Waals surface area (Å²) in [7, 11) is 1.78. The van der Waals surface area contributed by atoms with Gasteiger partial charge in [-0.3, -0.25) is 10.1 Å². The Hall–Kier alpha value is -3.62. The smallest absolute Gasteiger partial charge is 0.338 e. The van der Waals surface area contributed by atoms with Crippen LogP contribution in [0.25, 0.3) is 23.2 Å². The van der Waals surface area contributed by atoms with Gasteiger partial charge in [-0.1, -0.05) is 17.4 Å². The molecule has 1 N–H and O–H groups in total. The van der Waals surface area contributed by atoms with Crippen LogP contribution in [0.15, 0.2) is 30.5 Å². The fraction of sp³-hybridized carbons (Fsp3) is 0.0667. The van der Waals surface area contributed by atoms with Gasteiger partial charge in [0, 0.05) is 13.1 Å². The second kappa shape index (κ2) is 5.88. The number of carboxylic acids is 1. The summed E-state index contributed by atoms with van der Waals surface area (Å²) >= 11 is 0. The molecule has 3 rings (SSSR count). The highest BCUT2D eigenvalue weighted by molar-refractivity contribution is 5.93. The second-order valence-corrected chi connectivity index (χ2v) is 4.98. The third-order valence-corrected chi connectivity index (χ3v) is 3.41. The minimum Gasteiger partial charge on any atom is -0.478 e. The predicted molar refractivity (Wildman–Crippen MR) is 85.3 cm³/mol. The molecule has 1 aromatic carbocycles. The molecule has 0 saturated heterocycles. The quantitative estimate of drug-likeness (QED) is 0.575. The normalized spacial score (nSPS) is 11.2. The van der Waals surface area contributed by atoms with Crippen molar-refractivity contribution in [3.05, 3.63) is 57.4 Å². The van der Waals surface area contributed by atoms with Gasteiger partial charge in [0.1, 0.15) is 11.7 Å². The maximum atomic E-state index is 11.3. The van der Waals surface area contributed by atoms with Gasteiger partial charge in [0.05, 0.1) is 21.7 Å². The topological polar surface area (TPSA) is 124 Å². The monoisotopic (exact) mass is 325 g/mol. The predicted octanol–water partition coefficient (Wildman–Crippen LogP) is 2.14. The molecule has 0 amide bonds. The first-order valence-electron chi connectivity index (χ1n) is 6.81. The largest absolute Gasteiger partial charge is 0.478 e. The molecule has 0 aliphatic heterocycles. The Kier molecular flexibility index (Phi) is 3.74. The molecule has 2 aromatic heterocycles. The minimum atomic E-state index is -1.28. The maximum absolute atomic E-state index is 11.3. The number of aryl methyl sites for hydroxylation is 1. The Morgan fingerprint density at radius 3 is 2.83 bits per heavy atom. The molecular formula is C15H11N5O4. The number of nitro groups is 1. The second-order valence-electron chi connectivity index (χ2n) is 4.98. The molecular weight excluding hydrogens is 314 g/mol. The molecule has 0 fully saturated rings. The molecule has 9 heteroatoms. The number of aromatic carboxylic acids is 1. The van der Waals surface area contributed by atoms with Crippen LogP contribution < -0.4 is 0 Å². The number of fused-ring (bicyclic) bond motifs is 1. The summed E-state index contributed by atoms with van der Waals surface area (Å²) in [5, 5.41) is 27.8. The van der Waals surface area contributed by atoms with Gasteiger partial charge >= 0.3 is 5.97 Å². The number of aromatic nitrogens is 4. The number of carboxylic acid groups (broad SMARTS) is 1. The van der Waals surface area contributed by atoms with E-state index < -0.39 is 10.9 Å². The lowest BCUT2D eigenvalue weighted by Crippen LogP contribution is -2.03. The van der Waals surface area contributed by atoms with E-state index in [0.717, 1.165) is 23.3 Å². The molecule has 0 aliphatic carbocycles. The van der Waals surface area contributed by atoms with E-state index in [1.165, 1.54) is 6.08 Å². The zero-order valence-corrected chi connectivity index (χ0v) is 12.4. The number of benzene rings is 1. The number of hydrogen-bond donors (Lipinski definition) is 1. The third kappa shape index (κ3) is 2.82. The van der Waals surface area contributed by atoms with Gasteiger partial charge in [0.2, 0.25) is 0 Å². The van der Waals surface area contributed by atoms with E-state index in [1.54, 1.807) is 23.9 Å². The standard InChI is InChI=1S/C15H11N5O4/c1-19-14-5-3-9(6-13(14)17-18-19)2-4-12-11(15(21)22)7-10(8-16-12)20(23)24/h2-8H,1H3,(H,21,22)/b4-2+. The lowest BCUT2D eigenvalue weighted by molar-refractivity contribution is -0.385. The first-order valence-corrected chi connectivity index (χ1v) is 6.81. The Balaban J connectivity index is 1.97. The highest BCUT2D eigenvalue weighted by Gasteiger charge is 2.15. The molecule has 0 radical (unpaired) electrons. The zero-order chi connectivity index (χ0) is 17.3. The summed E-state index contributed by atoms with van der Waals surface area (Å²) < 4.78 is 1.64. The highest BCUT2D eigenvalue weighted by atomic mass is 16.6. The molecule has 0 saturated carbocycles. The Morgan fingerprint density at radius 2 is 2.12 bits per heavy atom. The lowest BCUT2D eigenvalue weighted by atomic mass is 10.1. The van der Waals surface area contributed by atoms with Gasteiger partial charge < -0.3 is 5.11 Å². The van der Waals surface area contributed by atoms with Crippen LogP contribution in [0.5, 0.6) is 0 Å². The Labute approximate surface area is 135 Å². The van der Waals surface area contributed by atoms with E-state index in [2.05, 4.69) is 15.3 Å². The molecule has 3 aromatic rings. The van der Waals surface area contributed by atoms with E-state index in [1.807, 2.05) is 12.1 Å². The van der Waals surface area contributed by atoms with Crippen LogP contribution in [-0.4, -0.2) is 36.0 Å². The first-order chi connectivity index (χ1) is 11.5. The average Bonchev–Trinajstić information content (AvgIpc) is 2.93. The molecule has 0 unspecified atom stereocenters. The van der Waals surface area contributed by atoms with E-state index >= 15 is 0 Å². The van der Waals surface area contributed by atoms with E-state index in [9.17, 15) is 20.0 Å². The van der Waals surface area contributed by atoms with Gasteiger partial charge in [-0.2, -0.15) is 0 Å². The van der Waals surface area contributed by atoms with Crippen LogP contribution in [0.2, 0.25) is 0 Å². The van der Waals surface area contributed by atoms with Crippen LogP contribution in [0.3, 0.4) is 0 Å². The van der Waals surface area contributed by atoms with Crippen molar-refractivity contribution < 1.29 is 14.8 Å². The number of nitrogens with zero attached hydrogens (tertiary/aromatic N) is 5. The average molecular weight is 325 g/mol.